The number of aryl methyl sites for hydroxylation is 1. The first-order chi connectivity index (χ1) is 13.7. The van der Waals surface area contributed by atoms with Crippen LogP contribution in [0.3, 0.4) is 0 Å². The lowest BCUT2D eigenvalue weighted by atomic mass is 9.88. The summed E-state index contributed by atoms with van der Waals surface area (Å²) in [6, 6.07) is 2.35. The van der Waals surface area contributed by atoms with Gasteiger partial charge >= 0.3 is 0 Å². The predicted octanol–water partition coefficient (Wildman–Crippen LogP) is 3.29. The smallest absolute Gasteiger partial charge is 0.225 e. The number of amides is 1. The fraction of sp³-hybridized carbons (Fsp3) is 0.682. The molecule has 1 saturated carbocycles. The van der Waals surface area contributed by atoms with Crippen molar-refractivity contribution < 1.29 is 4.79 Å². The molecule has 29 heavy (non-hydrogen) atoms. The number of aliphatic imine (C=N–C) groups is 1. The third kappa shape index (κ3) is 7.12. The molecule has 0 aromatic carbocycles. The van der Waals surface area contributed by atoms with E-state index < -0.39 is 0 Å². The molecular formula is C22H36IN5O. The fourth-order valence-electron chi connectivity index (χ4n) is 4.27. The van der Waals surface area contributed by atoms with Gasteiger partial charge in [0, 0.05) is 50.5 Å². The van der Waals surface area contributed by atoms with Crippen molar-refractivity contribution in [1.82, 2.24) is 20.5 Å². The first kappa shape index (κ1) is 23.9. The number of likely N-dealkylation sites (tertiary alicyclic amines) is 1. The molecule has 1 aliphatic carbocycles. The molecule has 1 saturated heterocycles. The minimum atomic E-state index is 0. The molecule has 162 valence electrons. The summed E-state index contributed by atoms with van der Waals surface area (Å²) in [5, 5.41) is 6.88. The highest BCUT2D eigenvalue weighted by atomic mass is 127. The van der Waals surface area contributed by atoms with Crippen molar-refractivity contribution in [2.75, 3.05) is 26.2 Å². The summed E-state index contributed by atoms with van der Waals surface area (Å²) in [7, 11) is 0. The Hall–Kier alpha value is -1.38. The highest BCUT2D eigenvalue weighted by Crippen LogP contribution is 2.26. The Kier molecular flexibility index (Phi) is 10.2. The molecular weight excluding hydrogens is 477 g/mol. The molecule has 1 unspecified atom stereocenters. The van der Waals surface area contributed by atoms with Crippen molar-refractivity contribution in [3.8, 4) is 0 Å². The van der Waals surface area contributed by atoms with E-state index in [9.17, 15) is 4.79 Å². The molecule has 0 bridgehead atoms. The van der Waals surface area contributed by atoms with E-state index in [0.717, 1.165) is 57.8 Å². The van der Waals surface area contributed by atoms with Crippen molar-refractivity contribution in [1.29, 1.82) is 0 Å². The summed E-state index contributed by atoms with van der Waals surface area (Å²) in [5.41, 5.74) is 2.50. The van der Waals surface area contributed by atoms with Crippen molar-refractivity contribution >= 4 is 35.8 Å². The average Bonchev–Trinajstić information content (AvgIpc) is 3.18. The normalized spacial score (nSPS) is 20.3. The van der Waals surface area contributed by atoms with Crippen LogP contribution in [0.25, 0.3) is 0 Å². The van der Waals surface area contributed by atoms with Gasteiger partial charge in [-0.1, -0.05) is 19.3 Å². The standard InChI is InChI=1S/C22H35N5O.HI/c1-3-24-22(25-13-10-18-9-12-23-15-17(18)2)26-20-11-14-27(16-20)21(28)19-7-5-4-6-8-19;/h9,12,15,19-20H,3-8,10-11,13-14,16H2,1-2H3,(H2,24,25,26);1H. The first-order valence-corrected chi connectivity index (χ1v) is 10.9. The second-order valence-electron chi connectivity index (χ2n) is 8.06. The van der Waals surface area contributed by atoms with E-state index in [1.807, 2.05) is 12.4 Å². The Bertz CT molecular complexity index is 675. The van der Waals surface area contributed by atoms with Gasteiger partial charge in [0.25, 0.3) is 0 Å². The van der Waals surface area contributed by atoms with Crippen molar-refractivity contribution in [2.24, 2.45) is 10.9 Å². The SMILES string of the molecule is CCNC(=NCCc1ccncc1C)NC1CCN(C(=O)C2CCCCC2)C1.I. The molecule has 3 rings (SSSR count). The molecule has 0 radical (unpaired) electrons. The van der Waals surface area contributed by atoms with Crippen molar-refractivity contribution in [2.45, 2.75) is 64.8 Å². The molecule has 0 spiro atoms. The second-order valence-corrected chi connectivity index (χ2v) is 8.06. The minimum Gasteiger partial charge on any atom is -0.357 e. The molecule has 2 N–H and O–H groups in total. The summed E-state index contributed by atoms with van der Waals surface area (Å²) in [6.07, 6.45) is 11.5. The Morgan fingerprint density at radius 2 is 2.07 bits per heavy atom. The van der Waals surface area contributed by atoms with E-state index in [0.29, 0.717) is 5.91 Å². The van der Waals surface area contributed by atoms with Crippen molar-refractivity contribution in [3.05, 3.63) is 29.6 Å². The molecule has 1 aromatic heterocycles. The third-order valence-corrected chi connectivity index (χ3v) is 5.93. The Morgan fingerprint density at radius 3 is 2.79 bits per heavy atom. The van der Waals surface area contributed by atoms with Crippen LogP contribution < -0.4 is 10.6 Å². The molecule has 2 heterocycles. The van der Waals surface area contributed by atoms with Crippen LogP contribution in [-0.4, -0.2) is 54.0 Å². The molecule has 2 fully saturated rings. The van der Waals surface area contributed by atoms with Gasteiger partial charge in [0.05, 0.1) is 0 Å². The molecule has 1 amide bonds. The number of aromatic nitrogens is 1. The van der Waals surface area contributed by atoms with Gasteiger partial charge in [-0.2, -0.15) is 0 Å². The topological polar surface area (TPSA) is 69.6 Å². The number of hydrogen-bond donors (Lipinski definition) is 2. The molecule has 1 atom stereocenters. The van der Waals surface area contributed by atoms with Gasteiger partial charge < -0.3 is 15.5 Å². The van der Waals surface area contributed by atoms with Crippen LogP contribution in [0.15, 0.2) is 23.5 Å². The monoisotopic (exact) mass is 513 g/mol. The van der Waals surface area contributed by atoms with Crippen LogP contribution in [-0.2, 0) is 11.2 Å². The fourth-order valence-corrected chi connectivity index (χ4v) is 4.27. The number of guanidine groups is 1. The van der Waals surface area contributed by atoms with Gasteiger partial charge in [-0.15, -0.1) is 24.0 Å². The molecule has 6 nitrogen and oxygen atoms in total. The Morgan fingerprint density at radius 1 is 1.28 bits per heavy atom. The van der Waals surface area contributed by atoms with Gasteiger partial charge in [-0.3, -0.25) is 14.8 Å². The number of carbonyl (C=O) groups is 1. The maximum absolute atomic E-state index is 12.8. The third-order valence-electron chi connectivity index (χ3n) is 5.93. The number of halogens is 1. The van der Waals surface area contributed by atoms with Crippen LogP contribution in [0.2, 0.25) is 0 Å². The van der Waals surface area contributed by atoms with E-state index in [1.165, 1.54) is 30.4 Å². The van der Waals surface area contributed by atoms with Gasteiger partial charge in [-0.05, 0) is 56.7 Å². The number of nitrogens with one attached hydrogen (secondary N) is 2. The molecule has 1 aromatic rings. The minimum absolute atomic E-state index is 0. The van der Waals surface area contributed by atoms with Gasteiger partial charge in [0.15, 0.2) is 5.96 Å². The number of carbonyl (C=O) groups excluding carboxylic acids is 1. The quantitative estimate of drug-likeness (QED) is 0.348. The van der Waals surface area contributed by atoms with Gasteiger partial charge in [0.2, 0.25) is 5.91 Å². The maximum Gasteiger partial charge on any atom is 0.225 e. The van der Waals surface area contributed by atoms with Crippen LogP contribution in [0.5, 0.6) is 0 Å². The summed E-state index contributed by atoms with van der Waals surface area (Å²) in [6.45, 7) is 7.39. The average molecular weight is 513 g/mol. The number of nitrogens with zero attached hydrogens (tertiary/aromatic N) is 3. The molecule has 7 heteroatoms. The first-order valence-electron chi connectivity index (χ1n) is 10.9. The van der Waals surface area contributed by atoms with E-state index >= 15 is 0 Å². The highest BCUT2D eigenvalue weighted by molar-refractivity contribution is 14.0. The molecule has 2 aliphatic rings. The summed E-state index contributed by atoms with van der Waals surface area (Å²) >= 11 is 0. The largest absolute Gasteiger partial charge is 0.357 e. The van der Waals surface area contributed by atoms with Crippen molar-refractivity contribution in [3.63, 3.8) is 0 Å². The van der Waals surface area contributed by atoms with Gasteiger partial charge in [-0.25, -0.2) is 0 Å². The van der Waals surface area contributed by atoms with Gasteiger partial charge in [0.1, 0.15) is 0 Å². The summed E-state index contributed by atoms with van der Waals surface area (Å²) in [4.78, 5) is 23.7. The molecule has 1 aliphatic heterocycles. The highest BCUT2D eigenvalue weighted by Gasteiger charge is 2.31. The van der Waals surface area contributed by atoms with E-state index in [1.54, 1.807) is 0 Å². The van der Waals surface area contributed by atoms with Crippen LogP contribution in [0.1, 0.15) is 56.6 Å². The number of hydrogen-bond acceptors (Lipinski definition) is 3. The second kappa shape index (κ2) is 12.3. The zero-order valence-electron chi connectivity index (χ0n) is 17.8. The van der Waals surface area contributed by atoms with Crippen LogP contribution >= 0.6 is 24.0 Å². The van der Waals surface area contributed by atoms with E-state index in [-0.39, 0.29) is 35.9 Å². The summed E-state index contributed by atoms with van der Waals surface area (Å²) < 4.78 is 0. The zero-order valence-corrected chi connectivity index (χ0v) is 20.2. The zero-order chi connectivity index (χ0) is 19.8. The van der Waals surface area contributed by atoms with Crippen LogP contribution in [0.4, 0.5) is 0 Å². The van der Waals surface area contributed by atoms with E-state index in [4.69, 9.17) is 4.99 Å². The lowest BCUT2D eigenvalue weighted by molar-refractivity contribution is -0.135. The van der Waals surface area contributed by atoms with Crippen LogP contribution in [0, 0.1) is 12.8 Å². The predicted molar refractivity (Wildman–Crippen MR) is 129 cm³/mol. The van der Waals surface area contributed by atoms with E-state index in [2.05, 4.69) is 40.4 Å². The maximum atomic E-state index is 12.8. The number of rotatable bonds is 6. The Balaban J connectivity index is 0.00000300. The number of pyridine rings is 1. The lowest BCUT2D eigenvalue weighted by Crippen LogP contribution is -2.45. The Labute approximate surface area is 192 Å². The summed E-state index contributed by atoms with van der Waals surface area (Å²) in [5.74, 6) is 1.49. The lowest BCUT2D eigenvalue weighted by Gasteiger charge is -2.26.